The summed E-state index contributed by atoms with van der Waals surface area (Å²) in [6, 6.07) is 11.4. The van der Waals surface area contributed by atoms with Crippen molar-refractivity contribution in [2.24, 2.45) is 0 Å². The summed E-state index contributed by atoms with van der Waals surface area (Å²) >= 11 is 3.43. The third kappa shape index (κ3) is 5.72. The quantitative estimate of drug-likeness (QED) is 0.387. The normalized spacial score (nSPS) is 10.4. The minimum absolute atomic E-state index is 0.0173. The summed E-state index contributed by atoms with van der Waals surface area (Å²) in [5.74, 6) is 0.547. The molecule has 35 heavy (non-hydrogen) atoms. The number of hydrogen-bond donors (Lipinski definition) is 2. The number of rotatable bonds is 5. The van der Waals surface area contributed by atoms with Gasteiger partial charge in [-0.2, -0.15) is 9.97 Å². The number of benzene rings is 2. The van der Waals surface area contributed by atoms with Gasteiger partial charge in [0, 0.05) is 4.47 Å². The fourth-order valence-corrected chi connectivity index (χ4v) is 4.01. The number of nitrogens with zero attached hydrogens (tertiary/aromatic N) is 6. The summed E-state index contributed by atoms with van der Waals surface area (Å²) in [6.45, 7) is 4.02. The van der Waals surface area contributed by atoms with Crippen LogP contribution in [0.3, 0.4) is 0 Å². The van der Waals surface area contributed by atoms with Gasteiger partial charge in [-0.05, 0) is 52.0 Å². The fraction of sp³-hybridized carbons (Fsp3) is 0.217. The minimum Gasteiger partial charge on any atom is -0.495 e. The Morgan fingerprint density at radius 3 is 1.80 bits per heavy atom. The first kappa shape index (κ1) is 25.6. The molecule has 0 saturated carbocycles. The molecule has 0 aliphatic rings. The van der Waals surface area contributed by atoms with E-state index < -0.39 is 11.4 Å². The number of ether oxygens (including phenoxy) is 1. The van der Waals surface area contributed by atoms with Crippen molar-refractivity contribution in [3.8, 4) is 17.1 Å². The second-order valence-electron chi connectivity index (χ2n) is 7.16. The monoisotopic (exact) mass is 540 g/mol. The number of aromatic nitrogens is 6. The molecule has 12 heteroatoms. The molecule has 0 radical (unpaired) electrons. The number of nitrogen functional groups attached to an aromatic ring is 2. The van der Waals surface area contributed by atoms with E-state index in [2.05, 4.69) is 35.9 Å². The van der Waals surface area contributed by atoms with Gasteiger partial charge in [-0.3, -0.25) is 0 Å². The first-order valence-electron chi connectivity index (χ1n) is 10.7. The Bertz CT molecular complexity index is 1430. The Balaban J connectivity index is 0.000000196. The van der Waals surface area contributed by atoms with Crippen molar-refractivity contribution in [3.63, 3.8) is 0 Å². The standard InChI is InChI=1S/C12H14N4O2.C11H11BrN4O/c1-3-8-5-4-6-9(18-2)10(8)16-7-14-11(13)15-12(16)17;1-2-7-4-3-5-8(12)9(7)16-6-14-10(13)15-11(16)17/h4-7H,3H2,1-2H3,(H2,13,15,17);3-6H,2H2,1H3,(H2,13,15,17). The largest absolute Gasteiger partial charge is 0.495 e. The Kier molecular flexibility index (Phi) is 8.31. The van der Waals surface area contributed by atoms with Crippen molar-refractivity contribution in [3.05, 3.63) is 85.6 Å². The van der Waals surface area contributed by atoms with Gasteiger partial charge in [-0.1, -0.05) is 38.1 Å². The van der Waals surface area contributed by atoms with Gasteiger partial charge in [-0.25, -0.2) is 28.7 Å². The van der Waals surface area contributed by atoms with E-state index in [0.29, 0.717) is 11.4 Å². The van der Waals surface area contributed by atoms with Crippen molar-refractivity contribution in [2.45, 2.75) is 26.7 Å². The van der Waals surface area contributed by atoms with E-state index in [-0.39, 0.29) is 11.9 Å². The molecule has 182 valence electrons. The lowest BCUT2D eigenvalue weighted by atomic mass is 10.1. The Hall–Kier alpha value is -4.06. The molecule has 4 aromatic rings. The average molecular weight is 541 g/mol. The summed E-state index contributed by atoms with van der Waals surface area (Å²) in [5, 5.41) is 0. The predicted octanol–water partition coefficient (Wildman–Crippen LogP) is 2.32. The van der Waals surface area contributed by atoms with Gasteiger partial charge in [-0.15, -0.1) is 0 Å². The van der Waals surface area contributed by atoms with E-state index in [1.165, 1.54) is 21.8 Å². The number of anilines is 2. The zero-order chi connectivity index (χ0) is 25.5. The van der Waals surface area contributed by atoms with Crippen molar-refractivity contribution in [1.29, 1.82) is 0 Å². The number of aryl methyl sites for hydroxylation is 2. The lowest BCUT2D eigenvalue weighted by Gasteiger charge is -2.13. The molecular formula is C23H25BrN8O3. The molecule has 4 N–H and O–H groups in total. The predicted molar refractivity (Wildman–Crippen MR) is 137 cm³/mol. The molecule has 2 heterocycles. The lowest BCUT2D eigenvalue weighted by molar-refractivity contribution is 0.411. The van der Waals surface area contributed by atoms with Crippen LogP contribution >= 0.6 is 15.9 Å². The highest BCUT2D eigenvalue weighted by Crippen LogP contribution is 2.26. The highest BCUT2D eigenvalue weighted by molar-refractivity contribution is 9.10. The van der Waals surface area contributed by atoms with Crippen molar-refractivity contribution < 1.29 is 4.74 Å². The van der Waals surface area contributed by atoms with Crippen molar-refractivity contribution in [2.75, 3.05) is 18.6 Å². The van der Waals surface area contributed by atoms with Crippen LogP contribution in [-0.4, -0.2) is 36.2 Å². The summed E-state index contributed by atoms with van der Waals surface area (Å²) in [5.41, 5.74) is 13.3. The van der Waals surface area contributed by atoms with Crippen LogP contribution in [0.5, 0.6) is 5.75 Å². The molecule has 0 fully saturated rings. The van der Waals surface area contributed by atoms with E-state index in [4.69, 9.17) is 16.2 Å². The number of para-hydroxylation sites is 2. The number of hydrogen-bond acceptors (Lipinski definition) is 9. The fourth-order valence-electron chi connectivity index (χ4n) is 3.41. The third-order valence-corrected chi connectivity index (χ3v) is 5.70. The van der Waals surface area contributed by atoms with Gasteiger partial charge in [0.25, 0.3) is 0 Å². The zero-order valence-electron chi connectivity index (χ0n) is 19.5. The maximum Gasteiger partial charge on any atom is 0.356 e. The van der Waals surface area contributed by atoms with E-state index in [9.17, 15) is 9.59 Å². The first-order chi connectivity index (χ1) is 16.8. The third-order valence-electron chi connectivity index (χ3n) is 5.06. The number of methoxy groups -OCH3 is 1. The second-order valence-corrected chi connectivity index (χ2v) is 8.01. The minimum atomic E-state index is -0.471. The lowest BCUT2D eigenvalue weighted by Crippen LogP contribution is -2.24. The highest BCUT2D eigenvalue weighted by Gasteiger charge is 2.13. The van der Waals surface area contributed by atoms with Crippen LogP contribution in [0.15, 0.2) is 63.1 Å². The van der Waals surface area contributed by atoms with Crippen molar-refractivity contribution >= 4 is 27.8 Å². The summed E-state index contributed by atoms with van der Waals surface area (Å²) in [6.07, 6.45) is 4.33. The Morgan fingerprint density at radius 2 is 1.31 bits per heavy atom. The summed E-state index contributed by atoms with van der Waals surface area (Å²) in [4.78, 5) is 38.5. The molecule has 0 saturated heterocycles. The van der Waals surface area contributed by atoms with Gasteiger partial charge in [0.1, 0.15) is 18.4 Å². The molecule has 2 aromatic heterocycles. The molecule has 0 unspecified atom stereocenters. The van der Waals surface area contributed by atoms with Crippen LogP contribution in [0, 0.1) is 0 Å². The number of halogens is 1. The molecule has 0 aliphatic carbocycles. The van der Waals surface area contributed by atoms with Gasteiger partial charge >= 0.3 is 11.4 Å². The molecule has 0 atom stereocenters. The maximum atomic E-state index is 11.9. The molecule has 2 aromatic carbocycles. The van der Waals surface area contributed by atoms with Crippen LogP contribution in [0.25, 0.3) is 11.4 Å². The SMILES string of the molecule is CCc1cccc(Br)c1-n1cnc(N)nc1=O.CCc1cccc(OC)c1-n1cnc(N)nc1=O. The van der Waals surface area contributed by atoms with Crippen molar-refractivity contribution in [1.82, 2.24) is 29.1 Å². The molecule has 0 aliphatic heterocycles. The van der Waals surface area contributed by atoms with Gasteiger partial charge in [0.2, 0.25) is 11.9 Å². The van der Waals surface area contributed by atoms with Gasteiger partial charge in [0.05, 0.1) is 18.5 Å². The van der Waals surface area contributed by atoms with Gasteiger partial charge < -0.3 is 16.2 Å². The van der Waals surface area contributed by atoms with Crippen LogP contribution in [0.1, 0.15) is 25.0 Å². The molecular weight excluding hydrogens is 516 g/mol. The maximum absolute atomic E-state index is 11.9. The average Bonchev–Trinajstić information content (AvgIpc) is 2.84. The molecule has 11 nitrogen and oxygen atoms in total. The first-order valence-corrected chi connectivity index (χ1v) is 11.5. The molecule has 0 spiro atoms. The van der Waals surface area contributed by atoms with E-state index in [1.54, 1.807) is 13.2 Å². The van der Waals surface area contributed by atoms with E-state index in [1.807, 2.05) is 44.2 Å². The summed E-state index contributed by atoms with van der Waals surface area (Å²) < 4.78 is 8.84. The molecule has 0 amide bonds. The van der Waals surface area contributed by atoms with Gasteiger partial charge in [0.15, 0.2) is 0 Å². The van der Waals surface area contributed by atoms with Crippen LogP contribution < -0.4 is 27.6 Å². The Labute approximate surface area is 209 Å². The summed E-state index contributed by atoms with van der Waals surface area (Å²) in [7, 11) is 1.56. The van der Waals surface area contributed by atoms with E-state index in [0.717, 1.165) is 34.1 Å². The topological polar surface area (TPSA) is 157 Å². The smallest absolute Gasteiger partial charge is 0.356 e. The second kappa shape index (κ2) is 11.4. The Morgan fingerprint density at radius 1 is 0.829 bits per heavy atom. The van der Waals surface area contributed by atoms with Crippen LogP contribution in [0.4, 0.5) is 11.9 Å². The zero-order valence-corrected chi connectivity index (χ0v) is 21.1. The molecule has 0 bridgehead atoms. The molecule has 4 rings (SSSR count). The van der Waals surface area contributed by atoms with Crippen LogP contribution in [0.2, 0.25) is 0 Å². The van der Waals surface area contributed by atoms with Crippen LogP contribution in [-0.2, 0) is 12.8 Å². The highest BCUT2D eigenvalue weighted by atomic mass is 79.9. The van der Waals surface area contributed by atoms with E-state index >= 15 is 0 Å². The number of nitrogens with two attached hydrogens (primary N) is 2.